The van der Waals surface area contributed by atoms with Crippen molar-refractivity contribution in [2.24, 2.45) is 0 Å². The fourth-order valence-corrected chi connectivity index (χ4v) is 9.82. The number of unbranched alkanes of at least 4 members (excludes halogenated alkanes) is 34. The summed E-state index contributed by atoms with van der Waals surface area (Å²) in [5.41, 5.74) is 0. The second kappa shape index (κ2) is 40.4. The summed E-state index contributed by atoms with van der Waals surface area (Å²) in [5.74, 6) is -0.302. The first-order chi connectivity index (χ1) is 30.4. The molecule has 1 fully saturated rings. The van der Waals surface area contributed by atoms with Gasteiger partial charge in [-0.05, 0) is 12.8 Å². The Morgan fingerprint density at radius 2 is 0.762 bits per heavy atom. The number of amides is 1. The van der Waals surface area contributed by atoms with Crippen LogP contribution in [0.1, 0.15) is 258 Å². The Kier molecular flexibility index (Phi) is 38.7. The lowest BCUT2D eigenvalue weighted by atomic mass is 9.85. The first-order valence-corrected chi connectivity index (χ1v) is 28.0. The van der Waals surface area contributed by atoms with E-state index in [4.69, 9.17) is 9.05 Å². The van der Waals surface area contributed by atoms with E-state index in [9.17, 15) is 44.9 Å². The molecule has 12 nitrogen and oxygen atoms in total. The summed E-state index contributed by atoms with van der Waals surface area (Å²) < 4.78 is 23.1. The highest BCUT2D eigenvalue weighted by atomic mass is 31.2. The summed E-state index contributed by atoms with van der Waals surface area (Å²) in [6.45, 7) is 3.93. The molecule has 8 N–H and O–H groups in total. The predicted molar refractivity (Wildman–Crippen MR) is 255 cm³/mol. The molecule has 1 aliphatic carbocycles. The van der Waals surface area contributed by atoms with Crippen LogP contribution in [0.15, 0.2) is 0 Å². The Bertz CT molecular complexity index is 1070. The fraction of sp³-hybridized carbons (Fsp3) is 0.980. The van der Waals surface area contributed by atoms with Crippen molar-refractivity contribution in [2.45, 2.75) is 307 Å². The van der Waals surface area contributed by atoms with Gasteiger partial charge in [0.2, 0.25) is 5.91 Å². The Morgan fingerprint density at radius 3 is 1.10 bits per heavy atom. The third kappa shape index (κ3) is 31.9. The smallest absolute Gasteiger partial charge is 0.391 e. The normalized spacial score (nSPS) is 22.2. The lowest BCUT2D eigenvalue weighted by Crippen LogP contribution is -2.64. The number of phosphoric acid groups is 1. The summed E-state index contributed by atoms with van der Waals surface area (Å²) in [6.07, 6.45) is 32.7. The highest BCUT2D eigenvalue weighted by molar-refractivity contribution is 7.47. The maximum Gasteiger partial charge on any atom is 0.472 e. The van der Waals surface area contributed by atoms with Gasteiger partial charge >= 0.3 is 7.82 Å². The lowest BCUT2D eigenvalue weighted by Gasteiger charge is -2.41. The summed E-state index contributed by atoms with van der Waals surface area (Å²) in [4.78, 5) is 23.5. The molecule has 6 unspecified atom stereocenters. The lowest BCUT2D eigenvalue weighted by molar-refractivity contribution is -0.220. The van der Waals surface area contributed by atoms with Gasteiger partial charge in [0.15, 0.2) is 0 Å². The number of phosphoric ester groups is 1. The molecule has 0 radical (unpaired) electrons. The third-order valence-corrected chi connectivity index (χ3v) is 14.2. The number of carbonyl (C=O) groups excluding carboxylic acids is 1. The van der Waals surface area contributed by atoms with E-state index in [0.717, 1.165) is 38.5 Å². The SMILES string of the molecule is CCCCCCCCCCCCCCCCCCCCCC(=O)N[C@@H](COP(=O)(O)OC1C(O)C(O)C(O)[C@@H](O)C1O)[C@H](O)CCCCCCCCCCCCCCCCCCC. The molecule has 0 aromatic carbocycles. The monoisotopic (exact) mass is 922 g/mol. The highest BCUT2D eigenvalue weighted by Crippen LogP contribution is 2.47. The minimum absolute atomic E-state index is 0.243. The minimum Gasteiger partial charge on any atom is -0.391 e. The predicted octanol–water partition coefficient (Wildman–Crippen LogP) is 11.0. The van der Waals surface area contributed by atoms with Crippen molar-refractivity contribution in [2.75, 3.05) is 6.61 Å². The molecule has 0 aromatic heterocycles. The molecule has 0 aromatic rings. The Morgan fingerprint density at radius 1 is 0.476 bits per heavy atom. The molecule has 1 aliphatic rings. The van der Waals surface area contributed by atoms with Crippen LogP contribution in [0.4, 0.5) is 0 Å². The van der Waals surface area contributed by atoms with Gasteiger partial charge in [0.05, 0.1) is 18.8 Å². The Hall–Kier alpha value is -0.660. The molecule has 0 heterocycles. The molecule has 63 heavy (non-hydrogen) atoms. The van der Waals surface area contributed by atoms with E-state index < -0.39 is 63.2 Å². The molecular weight excluding hydrogens is 822 g/mol. The zero-order valence-electron chi connectivity index (χ0n) is 40.4. The van der Waals surface area contributed by atoms with Gasteiger partial charge < -0.3 is 40.8 Å². The summed E-state index contributed by atoms with van der Waals surface area (Å²) in [5, 5.41) is 64.3. The topological polar surface area (TPSA) is 206 Å². The molecule has 13 heteroatoms. The number of carbonyl (C=O) groups is 1. The Balaban J connectivity index is 2.38. The quantitative estimate of drug-likeness (QED) is 0.0213. The number of aliphatic hydroxyl groups excluding tert-OH is 6. The molecule has 1 amide bonds. The van der Waals surface area contributed by atoms with Gasteiger partial charge in [-0.25, -0.2) is 4.57 Å². The largest absolute Gasteiger partial charge is 0.472 e. The maximum atomic E-state index is 13.0. The standard InChI is InChI=1S/C50H100NO11P/c1-3-5-7-9-11-13-15-17-19-21-22-24-26-28-30-32-34-36-38-40-44(53)51-42(41-61-63(59,60)62-50-48(57)46(55)45(54)47(56)49(50)58)43(52)39-37-35-33-31-29-27-25-23-20-18-16-14-12-10-8-6-4-2/h42-43,45-50,52,54-58H,3-41H2,1-2H3,(H,51,53)(H,59,60)/t42-,43+,45?,46+,47?,48?,49?,50?/m0/s1. The molecule has 0 aliphatic heterocycles. The van der Waals surface area contributed by atoms with Crippen molar-refractivity contribution in [1.29, 1.82) is 0 Å². The van der Waals surface area contributed by atoms with E-state index >= 15 is 0 Å². The number of hydrogen-bond donors (Lipinski definition) is 8. The third-order valence-electron chi connectivity index (χ3n) is 13.2. The Labute approximate surface area is 385 Å². The van der Waals surface area contributed by atoms with Crippen molar-refractivity contribution < 1.29 is 53.9 Å². The van der Waals surface area contributed by atoms with E-state index in [1.54, 1.807) is 0 Å². The van der Waals surface area contributed by atoms with E-state index in [2.05, 4.69) is 19.2 Å². The van der Waals surface area contributed by atoms with Crippen molar-refractivity contribution in [1.82, 2.24) is 5.32 Å². The van der Waals surface area contributed by atoms with Gasteiger partial charge in [-0.2, -0.15) is 0 Å². The average Bonchev–Trinajstić information content (AvgIpc) is 3.27. The zero-order valence-corrected chi connectivity index (χ0v) is 41.3. The van der Waals surface area contributed by atoms with Gasteiger partial charge in [-0.15, -0.1) is 0 Å². The van der Waals surface area contributed by atoms with Crippen LogP contribution in [-0.4, -0.2) is 96.8 Å². The van der Waals surface area contributed by atoms with Crippen LogP contribution in [0.25, 0.3) is 0 Å². The van der Waals surface area contributed by atoms with Crippen LogP contribution in [-0.2, 0) is 18.4 Å². The second-order valence-corrected chi connectivity index (χ2v) is 20.5. The number of rotatable bonds is 45. The number of aliphatic hydroxyl groups is 6. The van der Waals surface area contributed by atoms with Crippen LogP contribution in [0, 0.1) is 0 Å². The van der Waals surface area contributed by atoms with E-state index in [0.29, 0.717) is 19.3 Å². The maximum absolute atomic E-state index is 13.0. The van der Waals surface area contributed by atoms with Crippen molar-refractivity contribution in [3.63, 3.8) is 0 Å². The fourth-order valence-electron chi connectivity index (χ4n) is 8.85. The van der Waals surface area contributed by atoms with Gasteiger partial charge in [0.1, 0.15) is 36.6 Å². The summed E-state index contributed by atoms with van der Waals surface area (Å²) in [6, 6.07) is -1.03. The van der Waals surface area contributed by atoms with Crippen LogP contribution in [0.3, 0.4) is 0 Å². The highest BCUT2D eigenvalue weighted by Gasteiger charge is 2.51. The molecule has 0 bridgehead atoms. The van der Waals surface area contributed by atoms with E-state index in [1.165, 1.54) is 180 Å². The van der Waals surface area contributed by atoms with E-state index in [-0.39, 0.29) is 12.3 Å². The summed E-state index contributed by atoms with van der Waals surface area (Å²) in [7, 11) is -5.05. The molecule has 1 saturated carbocycles. The van der Waals surface area contributed by atoms with Crippen LogP contribution < -0.4 is 5.32 Å². The van der Waals surface area contributed by atoms with Crippen LogP contribution in [0.5, 0.6) is 0 Å². The van der Waals surface area contributed by atoms with Crippen molar-refractivity contribution in [3.8, 4) is 0 Å². The van der Waals surface area contributed by atoms with Crippen molar-refractivity contribution in [3.05, 3.63) is 0 Å². The molecule has 0 saturated heterocycles. The molecule has 1 rings (SSSR count). The van der Waals surface area contributed by atoms with Crippen molar-refractivity contribution >= 4 is 13.7 Å². The second-order valence-electron chi connectivity index (χ2n) is 19.1. The van der Waals surface area contributed by atoms with Gasteiger partial charge in [0, 0.05) is 6.42 Å². The van der Waals surface area contributed by atoms with Crippen LogP contribution in [0.2, 0.25) is 0 Å². The molecule has 9 atom stereocenters. The molecular formula is C50H100NO11P. The van der Waals surface area contributed by atoms with E-state index in [1.807, 2.05) is 0 Å². The molecule has 0 spiro atoms. The van der Waals surface area contributed by atoms with Gasteiger partial charge in [-0.3, -0.25) is 13.8 Å². The molecule has 376 valence electrons. The van der Waals surface area contributed by atoms with Crippen LogP contribution >= 0.6 is 7.82 Å². The van der Waals surface area contributed by atoms with Gasteiger partial charge in [-0.1, -0.05) is 239 Å². The van der Waals surface area contributed by atoms with Gasteiger partial charge in [0.25, 0.3) is 0 Å². The minimum atomic E-state index is -5.05. The first-order valence-electron chi connectivity index (χ1n) is 26.5. The summed E-state index contributed by atoms with van der Waals surface area (Å²) >= 11 is 0. The number of nitrogens with one attached hydrogen (secondary N) is 1. The zero-order chi connectivity index (χ0) is 46.4. The first kappa shape index (κ1) is 60.4. The number of hydrogen-bond acceptors (Lipinski definition) is 10. The average molecular weight is 922 g/mol.